The molecule has 2 rings (SSSR count). The molecule has 16 heavy (non-hydrogen) atoms. The Balaban J connectivity index is 0.000000160. The summed E-state index contributed by atoms with van der Waals surface area (Å²) in [4.78, 5) is 0. The molecule has 0 aliphatic heterocycles. The van der Waals surface area contributed by atoms with Gasteiger partial charge in [-0.25, -0.2) is 0 Å². The fourth-order valence-electron chi connectivity index (χ4n) is 1.08. The number of hydrogen-bond acceptors (Lipinski definition) is 2. The second-order valence-electron chi connectivity index (χ2n) is 3.13. The van der Waals surface area contributed by atoms with Crippen molar-refractivity contribution in [2.75, 3.05) is 0 Å². The summed E-state index contributed by atoms with van der Waals surface area (Å²) in [6, 6.07) is 15.9. The molecule has 0 fully saturated rings. The zero-order valence-electron chi connectivity index (χ0n) is 8.88. The van der Waals surface area contributed by atoms with Gasteiger partial charge in [0.1, 0.15) is 11.5 Å². The minimum atomic E-state index is 0.0880. The van der Waals surface area contributed by atoms with Crippen molar-refractivity contribution in [3.05, 3.63) is 66.7 Å². The first-order valence-electron chi connectivity index (χ1n) is 4.88. The summed E-state index contributed by atoms with van der Waals surface area (Å²) in [5.41, 5.74) is 1.17. The van der Waals surface area contributed by atoms with E-state index < -0.39 is 0 Å². The number of phenols is 2. The SMILES string of the molecule is C=Cc1ccccc1.Oc1cccc(O)c1. The maximum absolute atomic E-state index is 8.65. The molecule has 0 atom stereocenters. The van der Waals surface area contributed by atoms with E-state index in [-0.39, 0.29) is 11.5 Å². The van der Waals surface area contributed by atoms with Crippen LogP contribution in [0.1, 0.15) is 5.56 Å². The van der Waals surface area contributed by atoms with Crippen molar-refractivity contribution in [1.82, 2.24) is 0 Å². The molecule has 2 aromatic rings. The monoisotopic (exact) mass is 214 g/mol. The Kier molecular flexibility index (Phi) is 4.67. The van der Waals surface area contributed by atoms with E-state index in [9.17, 15) is 0 Å². The van der Waals surface area contributed by atoms with E-state index in [4.69, 9.17) is 10.2 Å². The van der Waals surface area contributed by atoms with Crippen molar-refractivity contribution in [3.63, 3.8) is 0 Å². The molecular formula is C14H14O2. The minimum absolute atomic E-state index is 0.0880. The molecule has 0 aromatic heterocycles. The summed E-state index contributed by atoms with van der Waals surface area (Å²) < 4.78 is 0. The lowest BCUT2D eigenvalue weighted by molar-refractivity contribution is 0.450. The molecule has 0 bridgehead atoms. The van der Waals surface area contributed by atoms with Crippen LogP contribution < -0.4 is 0 Å². The molecule has 2 N–H and O–H groups in total. The van der Waals surface area contributed by atoms with E-state index in [0.717, 1.165) is 0 Å². The molecule has 82 valence electrons. The normalized spacial score (nSPS) is 8.75. The van der Waals surface area contributed by atoms with E-state index in [1.165, 1.54) is 23.8 Å². The molecule has 0 spiro atoms. The fraction of sp³-hybridized carbons (Fsp3) is 0. The molecule has 0 saturated carbocycles. The topological polar surface area (TPSA) is 40.5 Å². The predicted molar refractivity (Wildman–Crippen MR) is 66.3 cm³/mol. The van der Waals surface area contributed by atoms with Gasteiger partial charge in [0.25, 0.3) is 0 Å². The second kappa shape index (κ2) is 6.30. The summed E-state index contributed by atoms with van der Waals surface area (Å²) in [7, 11) is 0. The van der Waals surface area contributed by atoms with Gasteiger partial charge >= 0.3 is 0 Å². The second-order valence-corrected chi connectivity index (χ2v) is 3.13. The van der Waals surface area contributed by atoms with Crippen molar-refractivity contribution in [1.29, 1.82) is 0 Å². The van der Waals surface area contributed by atoms with Crippen LogP contribution in [-0.4, -0.2) is 10.2 Å². The molecule has 0 saturated heterocycles. The van der Waals surface area contributed by atoms with Crippen LogP contribution in [0.2, 0.25) is 0 Å². The third-order valence-corrected chi connectivity index (χ3v) is 1.87. The van der Waals surface area contributed by atoms with E-state index in [0.29, 0.717) is 0 Å². The first-order valence-corrected chi connectivity index (χ1v) is 4.88. The molecule has 0 heterocycles. The van der Waals surface area contributed by atoms with Crippen LogP contribution in [0, 0.1) is 0 Å². The van der Waals surface area contributed by atoms with Crippen molar-refractivity contribution >= 4 is 6.08 Å². The molecular weight excluding hydrogens is 200 g/mol. The largest absolute Gasteiger partial charge is 0.508 e. The van der Waals surface area contributed by atoms with Crippen molar-refractivity contribution < 1.29 is 10.2 Å². The van der Waals surface area contributed by atoms with Gasteiger partial charge in [-0.3, -0.25) is 0 Å². The minimum Gasteiger partial charge on any atom is -0.508 e. The average Bonchev–Trinajstić information content (AvgIpc) is 2.31. The quantitative estimate of drug-likeness (QED) is 0.763. The predicted octanol–water partition coefficient (Wildman–Crippen LogP) is 3.43. The van der Waals surface area contributed by atoms with Gasteiger partial charge < -0.3 is 10.2 Å². The Morgan fingerprint density at radius 3 is 1.69 bits per heavy atom. The highest BCUT2D eigenvalue weighted by Crippen LogP contribution is 2.14. The summed E-state index contributed by atoms with van der Waals surface area (Å²) in [6.45, 7) is 3.63. The number of benzene rings is 2. The van der Waals surface area contributed by atoms with Crippen LogP contribution in [0.3, 0.4) is 0 Å². The molecule has 2 aromatic carbocycles. The third kappa shape index (κ3) is 4.33. The highest BCUT2D eigenvalue weighted by molar-refractivity contribution is 5.45. The van der Waals surface area contributed by atoms with E-state index in [1.807, 2.05) is 36.4 Å². The highest BCUT2D eigenvalue weighted by atomic mass is 16.3. The maximum Gasteiger partial charge on any atom is 0.119 e. The molecule has 0 amide bonds. The summed E-state index contributed by atoms with van der Waals surface area (Å²) >= 11 is 0. The van der Waals surface area contributed by atoms with E-state index in [1.54, 1.807) is 6.07 Å². The van der Waals surface area contributed by atoms with Crippen LogP contribution in [0.25, 0.3) is 6.08 Å². The van der Waals surface area contributed by atoms with Gasteiger partial charge in [-0.05, 0) is 17.7 Å². The molecule has 0 unspecified atom stereocenters. The Morgan fingerprint density at radius 2 is 1.38 bits per heavy atom. The van der Waals surface area contributed by atoms with E-state index in [2.05, 4.69) is 6.58 Å². The zero-order valence-corrected chi connectivity index (χ0v) is 8.88. The lowest BCUT2D eigenvalue weighted by Crippen LogP contribution is -1.63. The number of aromatic hydroxyl groups is 2. The summed E-state index contributed by atoms with van der Waals surface area (Å²) in [6.07, 6.45) is 1.83. The van der Waals surface area contributed by atoms with Crippen LogP contribution >= 0.6 is 0 Å². The Morgan fingerprint density at radius 1 is 0.812 bits per heavy atom. The number of rotatable bonds is 1. The first-order chi connectivity index (χ1) is 7.72. The van der Waals surface area contributed by atoms with Gasteiger partial charge in [-0.2, -0.15) is 0 Å². The van der Waals surface area contributed by atoms with Crippen molar-refractivity contribution in [2.24, 2.45) is 0 Å². The smallest absolute Gasteiger partial charge is 0.119 e. The lowest BCUT2D eigenvalue weighted by Gasteiger charge is -1.89. The van der Waals surface area contributed by atoms with Crippen molar-refractivity contribution in [2.45, 2.75) is 0 Å². The fourth-order valence-corrected chi connectivity index (χ4v) is 1.08. The molecule has 2 heteroatoms. The first kappa shape index (κ1) is 11.9. The number of hydrogen-bond donors (Lipinski definition) is 2. The Labute approximate surface area is 95.1 Å². The van der Waals surface area contributed by atoms with Crippen LogP contribution in [0.15, 0.2) is 61.2 Å². The van der Waals surface area contributed by atoms with Gasteiger partial charge in [0, 0.05) is 6.07 Å². The molecule has 2 nitrogen and oxygen atoms in total. The zero-order chi connectivity index (χ0) is 11.8. The Bertz CT molecular complexity index is 418. The van der Waals surface area contributed by atoms with E-state index >= 15 is 0 Å². The van der Waals surface area contributed by atoms with Gasteiger partial charge in [-0.15, -0.1) is 0 Å². The standard InChI is InChI=1S/C8H8.C6H6O2/c1-2-8-6-4-3-5-7-8;7-5-2-1-3-6(8)4-5/h2-7H,1H2;1-4,7-8H. The lowest BCUT2D eigenvalue weighted by atomic mass is 10.2. The van der Waals surface area contributed by atoms with Crippen molar-refractivity contribution in [3.8, 4) is 11.5 Å². The van der Waals surface area contributed by atoms with Gasteiger partial charge in [-0.1, -0.05) is 49.1 Å². The average molecular weight is 214 g/mol. The number of phenolic OH excluding ortho intramolecular Hbond substituents is 2. The molecule has 0 aliphatic rings. The summed E-state index contributed by atoms with van der Waals surface area (Å²) in [5, 5.41) is 17.3. The summed E-state index contributed by atoms with van der Waals surface area (Å²) in [5.74, 6) is 0.176. The van der Waals surface area contributed by atoms with Gasteiger partial charge in [0.15, 0.2) is 0 Å². The van der Waals surface area contributed by atoms with Crippen LogP contribution in [-0.2, 0) is 0 Å². The van der Waals surface area contributed by atoms with Gasteiger partial charge in [0.2, 0.25) is 0 Å². The molecule has 0 radical (unpaired) electrons. The maximum atomic E-state index is 8.65. The molecule has 0 aliphatic carbocycles. The third-order valence-electron chi connectivity index (χ3n) is 1.87. The van der Waals surface area contributed by atoms with Gasteiger partial charge in [0.05, 0.1) is 0 Å². The van der Waals surface area contributed by atoms with Crippen LogP contribution in [0.5, 0.6) is 11.5 Å². The Hall–Kier alpha value is -2.22. The highest BCUT2D eigenvalue weighted by Gasteiger charge is 1.85. The van der Waals surface area contributed by atoms with Crippen LogP contribution in [0.4, 0.5) is 0 Å².